The number of piperidine rings is 1. The highest BCUT2D eigenvalue weighted by Gasteiger charge is 2.33. The summed E-state index contributed by atoms with van der Waals surface area (Å²) >= 11 is 0. The fourth-order valence-electron chi connectivity index (χ4n) is 3.64. The van der Waals surface area contributed by atoms with E-state index in [0.29, 0.717) is 36.6 Å². The molecular formula is C24H23FN2O4S. The Kier molecular flexibility index (Phi) is 6.53. The molecule has 166 valence electrons. The average molecular weight is 455 g/mol. The lowest BCUT2D eigenvalue weighted by Crippen LogP contribution is -2.43. The lowest BCUT2D eigenvalue weighted by atomic mass is 9.98. The van der Waals surface area contributed by atoms with E-state index in [9.17, 15) is 17.6 Å². The molecule has 0 aliphatic carbocycles. The molecule has 4 rings (SSSR count). The van der Waals surface area contributed by atoms with Crippen LogP contribution in [0.15, 0.2) is 83.8 Å². The van der Waals surface area contributed by atoms with Gasteiger partial charge in [0.15, 0.2) is 5.75 Å². The molecule has 6 nitrogen and oxygen atoms in total. The van der Waals surface area contributed by atoms with Crippen molar-refractivity contribution in [2.75, 3.05) is 18.4 Å². The van der Waals surface area contributed by atoms with Gasteiger partial charge in [-0.2, -0.15) is 4.31 Å². The molecule has 1 aliphatic heterocycles. The van der Waals surface area contributed by atoms with Crippen molar-refractivity contribution in [2.24, 2.45) is 5.92 Å². The molecule has 1 saturated heterocycles. The Morgan fingerprint density at radius 3 is 2.41 bits per heavy atom. The van der Waals surface area contributed by atoms with Crippen LogP contribution < -0.4 is 10.1 Å². The summed E-state index contributed by atoms with van der Waals surface area (Å²) in [4.78, 5) is 13.0. The molecule has 1 aliphatic rings. The number of sulfonamides is 1. The third kappa shape index (κ3) is 4.98. The van der Waals surface area contributed by atoms with Crippen molar-refractivity contribution in [3.8, 4) is 11.5 Å². The summed E-state index contributed by atoms with van der Waals surface area (Å²) in [7, 11) is -3.80. The zero-order valence-corrected chi connectivity index (χ0v) is 18.1. The molecule has 1 heterocycles. The number of nitrogens with zero attached hydrogens (tertiary/aromatic N) is 1. The molecule has 0 spiro atoms. The Morgan fingerprint density at radius 2 is 1.66 bits per heavy atom. The normalized spacial score (nSPS) is 17.0. The van der Waals surface area contributed by atoms with Gasteiger partial charge in [0.1, 0.15) is 11.6 Å². The van der Waals surface area contributed by atoms with Crippen LogP contribution in [0.2, 0.25) is 0 Å². The minimum Gasteiger partial charge on any atom is -0.455 e. The van der Waals surface area contributed by atoms with Crippen molar-refractivity contribution in [1.29, 1.82) is 0 Å². The van der Waals surface area contributed by atoms with Gasteiger partial charge in [-0.25, -0.2) is 12.8 Å². The van der Waals surface area contributed by atoms with E-state index in [1.54, 1.807) is 18.2 Å². The Balaban J connectivity index is 1.47. The van der Waals surface area contributed by atoms with E-state index in [2.05, 4.69) is 5.32 Å². The molecule has 1 fully saturated rings. The zero-order valence-electron chi connectivity index (χ0n) is 17.3. The Hall–Kier alpha value is -3.23. The van der Waals surface area contributed by atoms with E-state index in [0.717, 1.165) is 12.1 Å². The van der Waals surface area contributed by atoms with Crippen molar-refractivity contribution in [3.63, 3.8) is 0 Å². The van der Waals surface area contributed by atoms with Crippen LogP contribution in [0, 0.1) is 11.7 Å². The van der Waals surface area contributed by atoms with Crippen molar-refractivity contribution < 1.29 is 22.3 Å². The number of ether oxygens (including phenoxy) is 1. The number of rotatable bonds is 6. The SMILES string of the molecule is O=C(Nc1ccccc1Oc1ccccc1)[C@@H]1CCCN(S(=O)(=O)c2ccc(F)cc2)C1. The number of para-hydroxylation sites is 3. The Bertz CT molecular complexity index is 1180. The number of hydrogen-bond donors (Lipinski definition) is 1. The van der Waals surface area contributed by atoms with Gasteiger partial charge >= 0.3 is 0 Å². The maximum atomic E-state index is 13.2. The summed E-state index contributed by atoms with van der Waals surface area (Å²) in [5.41, 5.74) is 0.514. The zero-order chi connectivity index (χ0) is 22.6. The highest BCUT2D eigenvalue weighted by Crippen LogP contribution is 2.31. The van der Waals surface area contributed by atoms with Crippen LogP contribution in [-0.2, 0) is 14.8 Å². The first-order chi connectivity index (χ1) is 15.4. The van der Waals surface area contributed by atoms with Crippen molar-refractivity contribution in [2.45, 2.75) is 17.7 Å². The first-order valence-corrected chi connectivity index (χ1v) is 11.8. The minimum absolute atomic E-state index is 0.0153. The van der Waals surface area contributed by atoms with E-state index < -0.39 is 21.8 Å². The van der Waals surface area contributed by atoms with E-state index in [1.165, 1.54) is 16.4 Å². The van der Waals surface area contributed by atoms with Crippen LogP contribution in [0.25, 0.3) is 0 Å². The summed E-state index contributed by atoms with van der Waals surface area (Å²) in [5.74, 6) is -0.143. The van der Waals surface area contributed by atoms with Crippen LogP contribution in [-0.4, -0.2) is 31.7 Å². The Morgan fingerprint density at radius 1 is 0.969 bits per heavy atom. The van der Waals surface area contributed by atoms with Crippen molar-refractivity contribution >= 4 is 21.6 Å². The van der Waals surface area contributed by atoms with E-state index in [4.69, 9.17) is 4.74 Å². The topological polar surface area (TPSA) is 75.7 Å². The van der Waals surface area contributed by atoms with Crippen molar-refractivity contribution in [3.05, 3.63) is 84.7 Å². The van der Waals surface area contributed by atoms with E-state index in [1.807, 2.05) is 36.4 Å². The van der Waals surface area contributed by atoms with Gasteiger partial charge in [0, 0.05) is 13.1 Å². The second kappa shape index (κ2) is 9.50. The van der Waals surface area contributed by atoms with Gasteiger partial charge in [-0.1, -0.05) is 30.3 Å². The quantitative estimate of drug-likeness (QED) is 0.588. The molecular weight excluding hydrogens is 431 g/mol. The molecule has 3 aromatic rings. The van der Waals surface area contributed by atoms with Crippen LogP contribution >= 0.6 is 0 Å². The standard InChI is InChI=1S/C24H23FN2O4S/c25-19-12-14-21(15-13-19)32(29,30)27-16-6-7-18(17-27)24(28)26-22-10-4-5-11-23(22)31-20-8-2-1-3-9-20/h1-5,8-15,18H,6-7,16-17H2,(H,26,28)/t18-/m1/s1. The minimum atomic E-state index is -3.80. The Labute approximate surface area is 186 Å². The molecule has 3 aromatic carbocycles. The fraction of sp³-hybridized carbons (Fsp3) is 0.208. The first kappa shape index (κ1) is 22.0. The van der Waals surface area contributed by atoms with Crippen LogP contribution in [0.4, 0.5) is 10.1 Å². The number of nitrogens with one attached hydrogen (secondary N) is 1. The van der Waals surface area contributed by atoms with Crippen LogP contribution in [0.5, 0.6) is 11.5 Å². The lowest BCUT2D eigenvalue weighted by molar-refractivity contribution is -0.120. The maximum Gasteiger partial charge on any atom is 0.243 e. The average Bonchev–Trinajstić information content (AvgIpc) is 2.81. The first-order valence-electron chi connectivity index (χ1n) is 10.3. The number of amides is 1. The number of benzene rings is 3. The third-order valence-electron chi connectivity index (χ3n) is 5.32. The third-order valence-corrected chi connectivity index (χ3v) is 7.20. The van der Waals surface area contributed by atoms with Gasteiger partial charge in [-0.05, 0) is 61.4 Å². The summed E-state index contributed by atoms with van der Waals surface area (Å²) in [6.07, 6.45) is 1.13. The molecule has 0 saturated carbocycles. The molecule has 1 amide bonds. The second-order valence-electron chi connectivity index (χ2n) is 7.56. The van der Waals surface area contributed by atoms with Crippen molar-refractivity contribution in [1.82, 2.24) is 4.31 Å². The summed E-state index contributed by atoms with van der Waals surface area (Å²) in [6.45, 7) is 0.379. The monoisotopic (exact) mass is 454 g/mol. The number of halogens is 1. The summed E-state index contributed by atoms with van der Waals surface area (Å²) < 4.78 is 46.2. The van der Waals surface area contributed by atoms with E-state index in [-0.39, 0.29) is 17.3 Å². The molecule has 0 unspecified atom stereocenters. The fourth-order valence-corrected chi connectivity index (χ4v) is 5.16. The van der Waals surface area contributed by atoms with E-state index >= 15 is 0 Å². The largest absolute Gasteiger partial charge is 0.455 e. The second-order valence-corrected chi connectivity index (χ2v) is 9.49. The predicted molar refractivity (Wildman–Crippen MR) is 119 cm³/mol. The van der Waals surface area contributed by atoms with Gasteiger partial charge in [0.25, 0.3) is 0 Å². The highest BCUT2D eigenvalue weighted by molar-refractivity contribution is 7.89. The molecule has 1 atom stereocenters. The lowest BCUT2D eigenvalue weighted by Gasteiger charge is -2.31. The number of carbonyl (C=O) groups is 1. The highest BCUT2D eigenvalue weighted by atomic mass is 32.2. The summed E-state index contributed by atoms with van der Waals surface area (Å²) in [6, 6.07) is 21.0. The molecule has 1 N–H and O–H groups in total. The molecule has 0 bridgehead atoms. The van der Waals surface area contributed by atoms with Gasteiger partial charge in [0.05, 0.1) is 16.5 Å². The molecule has 8 heteroatoms. The van der Waals surface area contributed by atoms with Gasteiger partial charge in [-0.3, -0.25) is 4.79 Å². The molecule has 0 aromatic heterocycles. The molecule has 32 heavy (non-hydrogen) atoms. The smallest absolute Gasteiger partial charge is 0.243 e. The summed E-state index contributed by atoms with van der Waals surface area (Å²) in [5, 5.41) is 2.88. The molecule has 0 radical (unpaired) electrons. The number of anilines is 1. The number of hydrogen-bond acceptors (Lipinski definition) is 4. The van der Waals surface area contributed by atoms with Crippen LogP contribution in [0.1, 0.15) is 12.8 Å². The van der Waals surface area contributed by atoms with Gasteiger partial charge in [0.2, 0.25) is 15.9 Å². The predicted octanol–water partition coefficient (Wildman–Crippen LogP) is 4.66. The van der Waals surface area contributed by atoms with Crippen LogP contribution in [0.3, 0.4) is 0 Å². The van der Waals surface area contributed by atoms with Gasteiger partial charge < -0.3 is 10.1 Å². The number of carbonyl (C=O) groups excluding carboxylic acids is 1. The maximum absolute atomic E-state index is 13.2. The van der Waals surface area contributed by atoms with Gasteiger partial charge in [-0.15, -0.1) is 0 Å².